The molecule has 0 saturated carbocycles. The number of ether oxygens (including phenoxy) is 1. The van der Waals surface area contributed by atoms with Crippen molar-refractivity contribution >= 4 is 23.7 Å². The molecule has 28 heavy (non-hydrogen) atoms. The van der Waals surface area contributed by atoms with E-state index in [0.717, 1.165) is 6.42 Å². The summed E-state index contributed by atoms with van der Waals surface area (Å²) in [5.41, 5.74) is 4.98. The average molecular weight is 397 g/mol. The molecule has 5 nitrogen and oxygen atoms in total. The number of aryl methyl sites for hydroxylation is 3. The molecule has 2 aliphatic rings. The van der Waals surface area contributed by atoms with Gasteiger partial charge in [0.15, 0.2) is 6.23 Å². The van der Waals surface area contributed by atoms with Crippen molar-refractivity contribution in [2.24, 2.45) is 0 Å². The van der Waals surface area contributed by atoms with Gasteiger partial charge in [-0.2, -0.15) is 0 Å². The number of rotatable bonds is 3. The van der Waals surface area contributed by atoms with E-state index in [9.17, 15) is 9.59 Å². The van der Waals surface area contributed by atoms with Gasteiger partial charge in [0.05, 0.1) is 0 Å². The minimum absolute atomic E-state index is 0.235. The van der Waals surface area contributed by atoms with Crippen molar-refractivity contribution in [3.63, 3.8) is 0 Å². The number of nitrogens with zero attached hydrogens (tertiary/aromatic N) is 1. The maximum Gasteiger partial charge on any atom is 0.436 e. The van der Waals surface area contributed by atoms with Gasteiger partial charge < -0.3 is 9.57 Å². The third-order valence-corrected chi connectivity index (χ3v) is 6.54. The minimum atomic E-state index is -0.934. The summed E-state index contributed by atoms with van der Waals surface area (Å²) >= 11 is 1.78. The Kier molecular flexibility index (Phi) is 5.17. The molecule has 0 spiro atoms. The summed E-state index contributed by atoms with van der Waals surface area (Å²) in [6.07, 6.45) is 0.942. The zero-order valence-corrected chi connectivity index (χ0v) is 17.0. The third kappa shape index (κ3) is 3.80. The van der Waals surface area contributed by atoms with Gasteiger partial charge in [-0.25, -0.2) is 9.59 Å². The third-order valence-electron chi connectivity index (χ3n) is 5.27. The lowest BCUT2D eigenvalue weighted by molar-refractivity contribution is -0.275. The van der Waals surface area contributed by atoms with Gasteiger partial charge in [-0.05, 0) is 56.4 Å². The molecule has 6 heteroatoms. The van der Waals surface area contributed by atoms with Crippen molar-refractivity contribution in [1.82, 2.24) is 5.06 Å². The molecule has 0 aromatic heterocycles. The first-order chi connectivity index (χ1) is 13.4. The Morgan fingerprint density at radius 2 is 1.68 bits per heavy atom. The zero-order chi connectivity index (χ0) is 19.8. The highest BCUT2D eigenvalue weighted by Crippen LogP contribution is 2.41. The normalized spacial score (nSPS) is 22.4. The Balaban J connectivity index is 1.60. The molecule has 4 rings (SSSR count). The smallest absolute Gasteiger partial charge is 0.435 e. The van der Waals surface area contributed by atoms with E-state index in [-0.39, 0.29) is 5.92 Å². The molecule has 0 N–H and O–H groups in total. The summed E-state index contributed by atoms with van der Waals surface area (Å²) in [6.45, 7) is 6.88. The highest BCUT2D eigenvalue weighted by atomic mass is 32.2. The second-order valence-corrected chi connectivity index (χ2v) is 8.60. The monoisotopic (exact) mass is 397 g/mol. The average Bonchev–Trinajstić information content (AvgIpc) is 2.66. The molecule has 2 aliphatic heterocycles. The van der Waals surface area contributed by atoms with Crippen LogP contribution in [0.5, 0.6) is 0 Å². The van der Waals surface area contributed by atoms with Crippen molar-refractivity contribution in [2.75, 3.05) is 6.54 Å². The van der Waals surface area contributed by atoms with E-state index in [1.165, 1.54) is 37.1 Å². The second kappa shape index (κ2) is 7.60. The van der Waals surface area contributed by atoms with Gasteiger partial charge in [-0.15, -0.1) is 0 Å². The zero-order valence-electron chi connectivity index (χ0n) is 16.2. The number of hydrogen-bond donors (Lipinski definition) is 0. The van der Waals surface area contributed by atoms with Gasteiger partial charge in [0.25, 0.3) is 0 Å². The number of fused-ring (bicyclic) bond motifs is 1. The van der Waals surface area contributed by atoms with Crippen LogP contribution in [0.25, 0.3) is 0 Å². The van der Waals surface area contributed by atoms with Gasteiger partial charge in [-0.3, -0.25) is 0 Å². The van der Waals surface area contributed by atoms with Gasteiger partial charge >= 0.3 is 11.9 Å². The molecule has 2 heterocycles. The largest absolute Gasteiger partial charge is 0.436 e. The molecule has 0 aliphatic carbocycles. The highest BCUT2D eigenvalue weighted by molar-refractivity contribution is 7.99. The number of esters is 1. The van der Waals surface area contributed by atoms with Crippen molar-refractivity contribution < 1.29 is 19.2 Å². The van der Waals surface area contributed by atoms with Crippen LogP contribution in [0.4, 0.5) is 0 Å². The molecule has 2 fully saturated rings. The topological polar surface area (TPSA) is 55.8 Å². The first-order valence-electron chi connectivity index (χ1n) is 9.46. The molecule has 2 saturated heterocycles. The van der Waals surface area contributed by atoms with E-state index in [0.29, 0.717) is 13.0 Å². The Morgan fingerprint density at radius 3 is 2.43 bits per heavy atom. The van der Waals surface area contributed by atoms with E-state index in [1.807, 2.05) is 0 Å². The van der Waals surface area contributed by atoms with Crippen molar-refractivity contribution in [1.29, 1.82) is 0 Å². The summed E-state index contributed by atoms with van der Waals surface area (Å²) in [5, 5.41) is 1.49. The van der Waals surface area contributed by atoms with Crippen LogP contribution in [0.2, 0.25) is 0 Å². The summed E-state index contributed by atoms with van der Waals surface area (Å²) < 4.78 is 5.28. The van der Waals surface area contributed by atoms with E-state index in [4.69, 9.17) is 9.57 Å². The van der Waals surface area contributed by atoms with E-state index in [2.05, 4.69) is 57.2 Å². The molecule has 2 unspecified atom stereocenters. The lowest BCUT2D eigenvalue weighted by Crippen LogP contribution is -2.51. The molecule has 0 amide bonds. The minimum Gasteiger partial charge on any atom is -0.435 e. The van der Waals surface area contributed by atoms with Crippen LogP contribution in [0.15, 0.2) is 46.2 Å². The summed E-state index contributed by atoms with van der Waals surface area (Å²) in [6, 6.07) is 13.0. The van der Waals surface area contributed by atoms with Crippen LogP contribution in [0, 0.1) is 20.8 Å². The maximum atomic E-state index is 11.6. The van der Waals surface area contributed by atoms with E-state index >= 15 is 0 Å². The van der Waals surface area contributed by atoms with Crippen LogP contribution < -0.4 is 0 Å². The van der Waals surface area contributed by atoms with E-state index < -0.39 is 18.2 Å². The Hall–Kier alpha value is -2.31. The number of benzene rings is 2. The molecular weight excluding hydrogens is 374 g/mol. The fourth-order valence-electron chi connectivity index (χ4n) is 3.83. The highest BCUT2D eigenvalue weighted by Gasteiger charge is 2.41. The first kappa shape index (κ1) is 19.0. The first-order valence-corrected chi connectivity index (χ1v) is 10.3. The number of carbonyl (C=O) groups is 2. The van der Waals surface area contributed by atoms with Gasteiger partial charge in [0.1, 0.15) is 0 Å². The van der Waals surface area contributed by atoms with Crippen molar-refractivity contribution in [3.8, 4) is 0 Å². The predicted molar refractivity (Wildman–Crippen MR) is 106 cm³/mol. The fourth-order valence-corrected chi connectivity index (χ4v) is 4.90. The van der Waals surface area contributed by atoms with Crippen molar-refractivity contribution in [2.45, 2.75) is 55.5 Å². The van der Waals surface area contributed by atoms with E-state index in [1.54, 1.807) is 11.8 Å². The van der Waals surface area contributed by atoms with Crippen molar-refractivity contribution in [3.05, 3.63) is 58.7 Å². The van der Waals surface area contributed by atoms with Crippen LogP contribution in [-0.2, 0) is 19.2 Å². The second-order valence-electron chi connectivity index (χ2n) is 7.51. The molecule has 0 bridgehead atoms. The molecule has 0 radical (unpaired) electrons. The maximum absolute atomic E-state index is 11.6. The molecule has 2 aromatic rings. The summed E-state index contributed by atoms with van der Waals surface area (Å²) in [4.78, 5) is 30.5. The van der Waals surface area contributed by atoms with Gasteiger partial charge in [-0.1, -0.05) is 52.2 Å². The quantitative estimate of drug-likeness (QED) is 0.569. The fraction of sp³-hybridized carbons (Fsp3) is 0.364. The lowest BCUT2D eigenvalue weighted by Gasteiger charge is -2.39. The molecule has 2 atom stereocenters. The number of hydroxylamine groups is 2. The predicted octanol–water partition coefficient (Wildman–Crippen LogP) is 4.28. The van der Waals surface area contributed by atoms with Gasteiger partial charge in [0, 0.05) is 22.8 Å². The number of hydrogen-bond acceptors (Lipinski definition) is 6. The van der Waals surface area contributed by atoms with Crippen LogP contribution in [0.3, 0.4) is 0 Å². The van der Waals surface area contributed by atoms with Crippen LogP contribution in [-0.4, -0.2) is 29.8 Å². The van der Waals surface area contributed by atoms with Gasteiger partial charge in [0.2, 0.25) is 0 Å². The molecule has 2 aromatic carbocycles. The lowest BCUT2D eigenvalue weighted by atomic mass is 9.88. The summed E-state index contributed by atoms with van der Waals surface area (Å²) in [7, 11) is 0. The molecule has 146 valence electrons. The van der Waals surface area contributed by atoms with Crippen LogP contribution >= 0.6 is 11.8 Å². The Bertz CT molecular complexity index is 942. The SMILES string of the molecule is Cc1ccc(Sc2ccc(C)cc2C2CCN3OC(=O)C(=O)OC3C2)c(C)c1. The Morgan fingerprint density at radius 1 is 0.964 bits per heavy atom. The van der Waals surface area contributed by atoms with Crippen LogP contribution in [0.1, 0.15) is 41.0 Å². The standard InChI is InChI=1S/C22H23NO4S/c1-13-4-6-18(15(3)10-13)28-19-7-5-14(2)11-17(19)16-8-9-23-20(12-16)26-21(24)22(25)27-23/h4-7,10-11,16,20H,8-9,12H2,1-3H3. The number of carbonyl (C=O) groups excluding carboxylic acids is 2. The Labute approximate surface area is 169 Å². The number of piperidine rings is 1. The summed E-state index contributed by atoms with van der Waals surface area (Å²) in [5.74, 6) is -1.61. The molecular formula is C22H23NO4S.